The normalized spacial score (nSPS) is 23.7. The fourth-order valence-electron chi connectivity index (χ4n) is 3.67. The molecule has 1 aliphatic heterocycles. The lowest BCUT2D eigenvalue weighted by molar-refractivity contribution is -0.118. The van der Waals surface area contributed by atoms with Gasteiger partial charge in [0.15, 0.2) is 0 Å². The summed E-state index contributed by atoms with van der Waals surface area (Å²) < 4.78 is 13.2. The molecule has 6 nitrogen and oxygen atoms in total. The van der Waals surface area contributed by atoms with Crippen LogP contribution in [-0.2, 0) is 4.79 Å². The zero-order valence-electron chi connectivity index (χ0n) is 14.1. The van der Waals surface area contributed by atoms with Crippen molar-refractivity contribution in [1.82, 2.24) is 9.88 Å². The molecular weight excluding hydrogens is 335 g/mol. The number of pyridine rings is 1. The standard InChI is InChI=1S/C19H19FN4O2/c20-13-3-1-4-14(9-13)23-18(26)24-8-6-19(12-24)10-16(19)17(25)22-15-5-2-7-21-11-15/h1-5,7,9,11,16H,6,8,10,12H2,(H,22,25)(H,23,26)/t16-,19-/m1/s1. The number of hydrogen-bond acceptors (Lipinski definition) is 3. The summed E-state index contributed by atoms with van der Waals surface area (Å²) in [5.41, 5.74) is 0.974. The van der Waals surface area contributed by atoms with Gasteiger partial charge in [0, 0.05) is 36.3 Å². The van der Waals surface area contributed by atoms with Gasteiger partial charge in [0.1, 0.15) is 5.82 Å². The molecule has 134 valence electrons. The van der Waals surface area contributed by atoms with E-state index >= 15 is 0 Å². The minimum atomic E-state index is -0.393. The smallest absolute Gasteiger partial charge is 0.321 e. The topological polar surface area (TPSA) is 74.3 Å². The first-order chi connectivity index (χ1) is 12.6. The van der Waals surface area contributed by atoms with Crippen molar-refractivity contribution in [2.75, 3.05) is 23.7 Å². The monoisotopic (exact) mass is 354 g/mol. The third kappa shape index (κ3) is 3.24. The summed E-state index contributed by atoms with van der Waals surface area (Å²) in [6.45, 7) is 1.14. The second kappa shape index (κ2) is 6.40. The first-order valence-electron chi connectivity index (χ1n) is 8.58. The highest BCUT2D eigenvalue weighted by atomic mass is 19.1. The Labute approximate surface area is 150 Å². The van der Waals surface area contributed by atoms with Crippen molar-refractivity contribution >= 4 is 23.3 Å². The Hall–Kier alpha value is -2.96. The summed E-state index contributed by atoms with van der Waals surface area (Å²) in [6.07, 6.45) is 4.85. The number of anilines is 2. The van der Waals surface area contributed by atoms with Crippen LogP contribution in [0.25, 0.3) is 0 Å². The molecule has 1 aliphatic carbocycles. The van der Waals surface area contributed by atoms with Crippen LogP contribution in [0.1, 0.15) is 12.8 Å². The lowest BCUT2D eigenvalue weighted by atomic mass is 10.0. The van der Waals surface area contributed by atoms with Crippen molar-refractivity contribution in [1.29, 1.82) is 0 Å². The highest BCUT2D eigenvalue weighted by Gasteiger charge is 2.61. The van der Waals surface area contributed by atoms with E-state index in [1.54, 1.807) is 41.6 Å². The first-order valence-corrected chi connectivity index (χ1v) is 8.58. The van der Waals surface area contributed by atoms with Crippen molar-refractivity contribution in [3.05, 3.63) is 54.6 Å². The van der Waals surface area contributed by atoms with Gasteiger partial charge in [-0.15, -0.1) is 0 Å². The number of rotatable bonds is 3. The van der Waals surface area contributed by atoms with Crippen molar-refractivity contribution in [3.8, 4) is 0 Å². The summed E-state index contributed by atoms with van der Waals surface area (Å²) in [6, 6.07) is 9.12. The zero-order valence-corrected chi connectivity index (χ0v) is 14.1. The summed E-state index contributed by atoms with van der Waals surface area (Å²) in [5, 5.41) is 5.60. The molecule has 1 spiro atoms. The number of amides is 3. The van der Waals surface area contributed by atoms with Crippen molar-refractivity contribution in [2.45, 2.75) is 12.8 Å². The number of nitrogens with zero attached hydrogens (tertiary/aromatic N) is 2. The van der Waals surface area contributed by atoms with Crippen LogP contribution in [0.3, 0.4) is 0 Å². The third-order valence-corrected chi connectivity index (χ3v) is 5.18. The molecule has 1 saturated heterocycles. The van der Waals surface area contributed by atoms with Crippen LogP contribution in [0.15, 0.2) is 48.8 Å². The van der Waals surface area contributed by atoms with Crippen LogP contribution in [0.2, 0.25) is 0 Å². The van der Waals surface area contributed by atoms with Crippen LogP contribution < -0.4 is 10.6 Å². The molecule has 2 atom stereocenters. The van der Waals surface area contributed by atoms with E-state index in [1.165, 1.54) is 12.1 Å². The van der Waals surface area contributed by atoms with Gasteiger partial charge in [-0.3, -0.25) is 9.78 Å². The van der Waals surface area contributed by atoms with E-state index in [2.05, 4.69) is 15.6 Å². The Balaban J connectivity index is 1.34. The van der Waals surface area contributed by atoms with Gasteiger partial charge in [-0.05, 0) is 43.2 Å². The second-order valence-electron chi connectivity index (χ2n) is 6.96. The van der Waals surface area contributed by atoms with Crippen LogP contribution in [0, 0.1) is 17.2 Å². The van der Waals surface area contributed by atoms with E-state index in [1.807, 2.05) is 0 Å². The molecule has 0 unspecified atom stereocenters. The van der Waals surface area contributed by atoms with Gasteiger partial charge in [0.25, 0.3) is 0 Å². The van der Waals surface area contributed by atoms with E-state index in [9.17, 15) is 14.0 Å². The molecule has 26 heavy (non-hydrogen) atoms. The lowest BCUT2D eigenvalue weighted by Gasteiger charge is -2.17. The third-order valence-electron chi connectivity index (χ3n) is 5.18. The maximum Gasteiger partial charge on any atom is 0.321 e. The number of carbonyl (C=O) groups excluding carboxylic acids is 2. The number of carbonyl (C=O) groups is 2. The van der Waals surface area contributed by atoms with Crippen LogP contribution in [0.5, 0.6) is 0 Å². The first kappa shape index (κ1) is 16.5. The molecule has 4 rings (SSSR count). The van der Waals surface area contributed by atoms with Gasteiger partial charge < -0.3 is 15.5 Å². The predicted octanol–water partition coefficient (Wildman–Crippen LogP) is 3.10. The Morgan fingerprint density at radius 2 is 2.04 bits per heavy atom. The van der Waals surface area contributed by atoms with Gasteiger partial charge >= 0.3 is 6.03 Å². The highest BCUT2D eigenvalue weighted by molar-refractivity contribution is 5.95. The number of halogens is 1. The molecule has 0 bridgehead atoms. The van der Waals surface area contributed by atoms with E-state index < -0.39 is 5.82 Å². The lowest BCUT2D eigenvalue weighted by Crippen LogP contribution is -2.33. The average Bonchev–Trinajstić information content (AvgIpc) is 3.16. The van der Waals surface area contributed by atoms with E-state index in [4.69, 9.17) is 0 Å². The van der Waals surface area contributed by atoms with E-state index in [0.29, 0.717) is 24.5 Å². The summed E-state index contributed by atoms with van der Waals surface area (Å²) in [7, 11) is 0. The van der Waals surface area contributed by atoms with E-state index in [-0.39, 0.29) is 23.3 Å². The SMILES string of the molecule is O=C(Nc1cccnc1)[C@H]1C[C@@]12CCN(C(=O)Nc1cccc(F)c1)C2. The quantitative estimate of drug-likeness (QED) is 0.889. The second-order valence-corrected chi connectivity index (χ2v) is 6.96. The molecule has 2 aromatic rings. The van der Waals surface area contributed by atoms with Crippen molar-refractivity contribution < 1.29 is 14.0 Å². The fourth-order valence-corrected chi connectivity index (χ4v) is 3.67. The molecule has 0 radical (unpaired) electrons. The van der Waals surface area contributed by atoms with Gasteiger partial charge in [0.05, 0.1) is 11.9 Å². The number of likely N-dealkylation sites (tertiary alicyclic amines) is 1. The minimum absolute atomic E-state index is 0.0228. The largest absolute Gasteiger partial charge is 0.324 e. The number of hydrogen-bond donors (Lipinski definition) is 2. The molecule has 2 heterocycles. The fraction of sp³-hybridized carbons (Fsp3) is 0.316. The number of benzene rings is 1. The number of urea groups is 1. The average molecular weight is 354 g/mol. The van der Waals surface area contributed by atoms with Gasteiger partial charge in [-0.1, -0.05) is 6.07 Å². The molecule has 2 aliphatic rings. The van der Waals surface area contributed by atoms with Crippen LogP contribution in [-0.4, -0.2) is 34.9 Å². The maximum atomic E-state index is 13.2. The molecule has 7 heteroatoms. The Bertz CT molecular complexity index is 844. The van der Waals surface area contributed by atoms with Crippen LogP contribution in [0.4, 0.5) is 20.6 Å². The minimum Gasteiger partial charge on any atom is -0.324 e. The van der Waals surface area contributed by atoms with Crippen LogP contribution >= 0.6 is 0 Å². The summed E-state index contributed by atoms with van der Waals surface area (Å²) in [5.74, 6) is -0.505. The predicted molar refractivity (Wildman–Crippen MR) is 95.0 cm³/mol. The molecule has 1 aromatic carbocycles. The molecule has 1 aromatic heterocycles. The van der Waals surface area contributed by atoms with Crippen molar-refractivity contribution in [3.63, 3.8) is 0 Å². The molecule has 1 saturated carbocycles. The molecule has 3 amide bonds. The number of nitrogens with one attached hydrogen (secondary N) is 2. The molecule has 2 N–H and O–H groups in total. The van der Waals surface area contributed by atoms with Crippen molar-refractivity contribution in [2.24, 2.45) is 11.3 Å². The van der Waals surface area contributed by atoms with Gasteiger partial charge in [0.2, 0.25) is 5.91 Å². The molecular formula is C19H19FN4O2. The van der Waals surface area contributed by atoms with Gasteiger partial charge in [-0.25, -0.2) is 9.18 Å². The zero-order chi connectivity index (χ0) is 18.1. The Morgan fingerprint density at radius 3 is 2.81 bits per heavy atom. The Morgan fingerprint density at radius 1 is 1.19 bits per heavy atom. The van der Waals surface area contributed by atoms with E-state index in [0.717, 1.165) is 12.8 Å². The summed E-state index contributed by atoms with van der Waals surface area (Å²) in [4.78, 5) is 30.5. The molecule has 2 fully saturated rings. The maximum absolute atomic E-state index is 13.2. The highest BCUT2D eigenvalue weighted by Crippen LogP contribution is 2.58. The summed E-state index contributed by atoms with van der Waals surface area (Å²) >= 11 is 0. The number of aromatic nitrogens is 1. The Kier molecular flexibility index (Phi) is 4.06. The van der Waals surface area contributed by atoms with Gasteiger partial charge in [-0.2, -0.15) is 0 Å².